The quantitative estimate of drug-likeness (QED) is 0.704. The highest BCUT2D eigenvalue weighted by molar-refractivity contribution is 8.14. The van der Waals surface area contributed by atoms with E-state index in [9.17, 15) is 8.42 Å². The molecule has 0 spiro atoms. The molecule has 0 aliphatic heterocycles. The predicted octanol–water partition coefficient (Wildman–Crippen LogP) is 1.62. The minimum absolute atomic E-state index is 0.0710. The van der Waals surface area contributed by atoms with E-state index in [2.05, 4.69) is 9.59 Å². The molecule has 4 nitrogen and oxygen atoms in total. The van der Waals surface area contributed by atoms with Crippen molar-refractivity contribution in [3.05, 3.63) is 18.2 Å². The lowest BCUT2D eigenvalue weighted by molar-refractivity contribution is 0.610. The third-order valence-corrected chi connectivity index (χ3v) is 3.77. The molecule has 0 N–H and O–H groups in total. The van der Waals surface area contributed by atoms with Crippen LogP contribution in [0.1, 0.15) is 0 Å². The van der Waals surface area contributed by atoms with Crippen molar-refractivity contribution in [1.29, 1.82) is 0 Å². The molecule has 0 bridgehead atoms. The average molecular weight is 235 g/mol. The van der Waals surface area contributed by atoms with Crippen LogP contribution in [0.2, 0.25) is 0 Å². The van der Waals surface area contributed by atoms with Gasteiger partial charge in [-0.25, -0.2) is 8.42 Å². The number of fused-ring (bicyclic) bond motifs is 1. The highest BCUT2D eigenvalue weighted by Gasteiger charge is 2.15. The van der Waals surface area contributed by atoms with Gasteiger partial charge in [0.05, 0.1) is 4.70 Å². The van der Waals surface area contributed by atoms with Crippen molar-refractivity contribution < 1.29 is 8.42 Å². The second kappa shape index (κ2) is 2.90. The smallest absolute Gasteiger partial charge is 0.207 e. The van der Waals surface area contributed by atoms with E-state index >= 15 is 0 Å². The molecule has 13 heavy (non-hydrogen) atoms. The molecule has 0 unspecified atom stereocenters. The van der Waals surface area contributed by atoms with E-state index in [-0.39, 0.29) is 4.90 Å². The standard InChI is InChI=1S/C6H3ClN2O2S2/c7-13(10,11)5-3-1-2-4-6(5)12-9-8-4/h1-3H. The number of benzene rings is 1. The lowest BCUT2D eigenvalue weighted by atomic mass is 10.3. The Bertz CT molecular complexity index is 549. The molecule has 0 amide bonds. The molecule has 0 aliphatic carbocycles. The van der Waals surface area contributed by atoms with E-state index < -0.39 is 9.05 Å². The van der Waals surface area contributed by atoms with Gasteiger partial charge in [0, 0.05) is 10.7 Å². The molecular weight excluding hydrogens is 232 g/mol. The SMILES string of the molecule is O=S(=O)(Cl)c1cccc2nnsc12. The van der Waals surface area contributed by atoms with Crippen LogP contribution >= 0.6 is 22.2 Å². The van der Waals surface area contributed by atoms with Crippen LogP contribution < -0.4 is 0 Å². The third-order valence-electron chi connectivity index (χ3n) is 1.50. The van der Waals surface area contributed by atoms with Gasteiger partial charge in [-0.05, 0) is 23.7 Å². The Labute approximate surface area is 82.7 Å². The first kappa shape index (κ1) is 8.86. The zero-order chi connectivity index (χ0) is 9.47. The number of nitrogens with zero attached hydrogens (tertiary/aromatic N) is 2. The first-order valence-corrected chi connectivity index (χ1v) is 6.33. The second-order valence-electron chi connectivity index (χ2n) is 2.32. The van der Waals surface area contributed by atoms with Crippen LogP contribution in [0, 0.1) is 0 Å². The van der Waals surface area contributed by atoms with Gasteiger partial charge in [-0.15, -0.1) is 5.10 Å². The largest absolute Gasteiger partial charge is 0.262 e. The summed E-state index contributed by atoms with van der Waals surface area (Å²) in [5.41, 5.74) is 0.548. The monoisotopic (exact) mass is 234 g/mol. The Hall–Kier alpha value is -0.720. The number of aromatic nitrogens is 2. The molecule has 2 aromatic rings. The van der Waals surface area contributed by atoms with Crippen molar-refractivity contribution in [1.82, 2.24) is 9.59 Å². The Balaban J connectivity index is 2.91. The fourth-order valence-electron chi connectivity index (χ4n) is 0.972. The molecule has 0 saturated heterocycles. The topological polar surface area (TPSA) is 59.9 Å². The normalized spacial score (nSPS) is 12.1. The summed E-state index contributed by atoms with van der Waals surface area (Å²) in [7, 11) is 1.52. The van der Waals surface area contributed by atoms with E-state index in [1.165, 1.54) is 6.07 Å². The molecule has 1 aromatic heterocycles. The van der Waals surface area contributed by atoms with Gasteiger partial charge in [0.25, 0.3) is 9.05 Å². The van der Waals surface area contributed by atoms with E-state index in [1.54, 1.807) is 12.1 Å². The Kier molecular flexibility index (Phi) is 1.98. The van der Waals surface area contributed by atoms with Crippen LogP contribution in [0.15, 0.2) is 23.1 Å². The summed E-state index contributed by atoms with van der Waals surface area (Å²) in [6, 6.07) is 4.70. The highest BCUT2D eigenvalue weighted by Crippen LogP contribution is 2.26. The van der Waals surface area contributed by atoms with E-state index in [1.807, 2.05) is 0 Å². The van der Waals surface area contributed by atoms with Crippen molar-refractivity contribution in [2.45, 2.75) is 4.90 Å². The Morgan fingerprint density at radius 1 is 1.38 bits per heavy atom. The molecule has 68 valence electrons. The minimum atomic E-state index is -3.70. The molecule has 1 aromatic carbocycles. The van der Waals surface area contributed by atoms with Gasteiger partial charge in [-0.2, -0.15) is 0 Å². The first-order valence-electron chi connectivity index (χ1n) is 3.25. The molecule has 0 aliphatic rings. The number of halogens is 1. The molecule has 1 heterocycles. The van der Waals surface area contributed by atoms with Crippen LogP contribution in [-0.4, -0.2) is 18.0 Å². The summed E-state index contributed by atoms with van der Waals surface area (Å²) in [6.07, 6.45) is 0. The van der Waals surface area contributed by atoms with Gasteiger partial charge in [0.15, 0.2) is 0 Å². The first-order chi connectivity index (χ1) is 6.09. The van der Waals surface area contributed by atoms with E-state index in [4.69, 9.17) is 10.7 Å². The third kappa shape index (κ3) is 1.52. The van der Waals surface area contributed by atoms with Gasteiger partial charge in [0.2, 0.25) is 0 Å². The fraction of sp³-hybridized carbons (Fsp3) is 0. The molecule has 0 radical (unpaired) electrons. The van der Waals surface area contributed by atoms with Gasteiger partial charge >= 0.3 is 0 Å². The van der Waals surface area contributed by atoms with Gasteiger partial charge in [0.1, 0.15) is 10.4 Å². The zero-order valence-corrected chi connectivity index (χ0v) is 8.53. The van der Waals surface area contributed by atoms with Gasteiger partial charge < -0.3 is 0 Å². The van der Waals surface area contributed by atoms with Gasteiger partial charge in [-0.1, -0.05) is 10.6 Å². The summed E-state index contributed by atoms with van der Waals surface area (Å²) >= 11 is 1.02. The zero-order valence-electron chi connectivity index (χ0n) is 6.14. The summed E-state index contributed by atoms with van der Waals surface area (Å²) in [6.45, 7) is 0. The van der Waals surface area contributed by atoms with Crippen LogP contribution in [0.3, 0.4) is 0 Å². The fourth-order valence-corrected chi connectivity index (χ4v) is 3.07. The average Bonchev–Trinajstić information content (AvgIpc) is 2.48. The van der Waals surface area contributed by atoms with Crippen molar-refractivity contribution in [2.75, 3.05) is 0 Å². The number of hydrogen-bond donors (Lipinski definition) is 0. The maximum atomic E-state index is 11.1. The molecule has 0 fully saturated rings. The summed E-state index contributed by atoms with van der Waals surface area (Å²) in [5.74, 6) is 0. The maximum Gasteiger partial charge on any atom is 0.262 e. The molecule has 0 atom stereocenters. The maximum absolute atomic E-state index is 11.1. The lowest BCUT2D eigenvalue weighted by Gasteiger charge is -1.94. The lowest BCUT2D eigenvalue weighted by Crippen LogP contribution is -1.89. The van der Waals surface area contributed by atoms with Crippen molar-refractivity contribution in [3.63, 3.8) is 0 Å². The molecule has 2 rings (SSSR count). The van der Waals surface area contributed by atoms with Crippen LogP contribution in [0.25, 0.3) is 10.2 Å². The second-order valence-corrected chi connectivity index (χ2v) is 5.60. The number of rotatable bonds is 1. The van der Waals surface area contributed by atoms with Crippen molar-refractivity contribution in [2.24, 2.45) is 0 Å². The summed E-state index contributed by atoms with van der Waals surface area (Å²) in [4.78, 5) is 0.0710. The predicted molar refractivity (Wildman–Crippen MR) is 50.5 cm³/mol. The summed E-state index contributed by atoms with van der Waals surface area (Å²) in [5, 5.41) is 3.74. The van der Waals surface area contributed by atoms with Gasteiger partial charge in [-0.3, -0.25) is 0 Å². The minimum Gasteiger partial charge on any atom is -0.207 e. The van der Waals surface area contributed by atoms with Crippen LogP contribution in [0.4, 0.5) is 0 Å². The van der Waals surface area contributed by atoms with E-state index in [0.29, 0.717) is 10.2 Å². The number of hydrogen-bond acceptors (Lipinski definition) is 5. The molecule has 0 saturated carbocycles. The Morgan fingerprint density at radius 3 is 2.85 bits per heavy atom. The van der Waals surface area contributed by atoms with Crippen molar-refractivity contribution in [3.8, 4) is 0 Å². The summed E-state index contributed by atoms with van der Waals surface area (Å²) < 4.78 is 26.3. The van der Waals surface area contributed by atoms with Crippen LogP contribution in [0.5, 0.6) is 0 Å². The Morgan fingerprint density at radius 2 is 2.15 bits per heavy atom. The molecule has 7 heteroatoms. The van der Waals surface area contributed by atoms with Crippen molar-refractivity contribution >= 4 is 41.5 Å². The molecular formula is C6H3ClN2O2S2. The van der Waals surface area contributed by atoms with Crippen LogP contribution in [-0.2, 0) is 9.05 Å². The highest BCUT2D eigenvalue weighted by atomic mass is 35.7. The van der Waals surface area contributed by atoms with E-state index in [0.717, 1.165) is 11.5 Å².